The van der Waals surface area contributed by atoms with Crippen LogP contribution in [0.5, 0.6) is 5.75 Å². The van der Waals surface area contributed by atoms with Gasteiger partial charge in [0.25, 0.3) is 0 Å². The van der Waals surface area contributed by atoms with Gasteiger partial charge in [-0.3, -0.25) is 14.9 Å². The molecule has 1 aromatic carbocycles. The molecule has 0 spiro atoms. The van der Waals surface area contributed by atoms with Crippen LogP contribution in [0.2, 0.25) is 0 Å². The van der Waals surface area contributed by atoms with E-state index in [1.165, 1.54) is 18.2 Å². The predicted molar refractivity (Wildman–Crippen MR) is 114 cm³/mol. The first kappa shape index (κ1) is 22.5. The number of piperidine rings is 1. The van der Waals surface area contributed by atoms with Gasteiger partial charge >= 0.3 is 0 Å². The Balaban J connectivity index is 1.43. The number of ether oxygens (including phenoxy) is 1. The number of carbonyl (C=O) groups is 2. The van der Waals surface area contributed by atoms with Crippen molar-refractivity contribution in [2.45, 2.75) is 57.9 Å². The number of nitrogens with one attached hydrogen (secondary N) is 2. The Morgan fingerprint density at radius 2 is 2.07 bits per heavy atom. The highest BCUT2D eigenvalue weighted by molar-refractivity contribution is 7.92. The lowest BCUT2D eigenvalue weighted by atomic mass is 9.93. The van der Waals surface area contributed by atoms with Crippen molar-refractivity contribution >= 4 is 21.8 Å². The third-order valence-electron chi connectivity index (χ3n) is 5.43. The normalized spacial score (nSPS) is 20.9. The SMILES string of the molecule is CC(NS(=O)(=O)/C=C/CCCC1CCC(=O)NC1=O)c1cccc(OCC2CC2)c1. The van der Waals surface area contributed by atoms with Crippen LogP contribution in [0.25, 0.3) is 0 Å². The molecule has 2 aliphatic rings. The van der Waals surface area contributed by atoms with Crippen LogP contribution in [0, 0.1) is 11.8 Å². The van der Waals surface area contributed by atoms with E-state index in [9.17, 15) is 18.0 Å². The van der Waals surface area contributed by atoms with Gasteiger partial charge in [0.15, 0.2) is 0 Å². The molecule has 1 saturated heterocycles. The molecule has 3 rings (SSSR count). The number of carbonyl (C=O) groups excluding carboxylic acids is 2. The highest BCUT2D eigenvalue weighted by atomic mass is 32.2. The van der Waals surface area contributed by atoms with Gasteiger partial charge in [-0.2, -0.15) is 0 Å². The van der Waals surface area contributed by atoms with Gasteiger partial charge in [0, 0.05) is 23.8 Å². The molecule has 0 radical (unpaired) electrons. The van der Waals surface area contributed by atoms with Crippen LogP contribution in [0.4, 0.5) is 0 Å². The molecule has 1 saturated carbocycles. The van der Waals surface area contributed by atoms with Gasteiger partial charge in [0.05, 0.1) is 6.61 Å². The summed E-state index contributed by atoms with van der Waals surface area (Å²) in [7, 11) is -3.58. The second-order valence-electron chi connectivity index (χ2n) is 8.16. The van der Waals surface area contributed by atoms with Crippen LogP contribution in [0.15, 0.2) is 35.7 Å². The van der Waals surface area contributed by atoms with Gasteiger partial charge in [0.1, 0.15) is 5.75 Å². The van der Waals surface area contributed by atoms with Crippen molar-refractivity contribution in [3.8, 4) is 5.75 Å². The number of imide groups is 1. The summed E-state index contributed by atoms with van der Waals surface area (Å²) in [5.41, 5.74) is 0.845. The molecular formula is C22H30N2O5S. The topological polar surface area (TPSA) is 102 Å². The molecular weight excluding hydrogens is 404 g/mol. The summed E-state index contributed by atoms with van der Waals surface area (Å²) in [5.74, 6) is 0.809. The van der Waals surface area contributed by atoms with E-state index in [0.717, 1.165) is 11.3 Å². The van der Waals surface area contributed by atoms with Crippen molar-refractivity contribution < 1.29 is 22.7 Å². The minimum atomic E-state index is -3.58. The van der Waals surface area contributed by atoms with E-state index in [1.54, 1.807) is 13.0 Å². The maximum absolute atomic E-state index is 12.3. The molecule has 1 heterocycles. The Kier molecular flexibility index (Phi) is 7.66. The molecule has 2 fully saturated rings. The summed E-state index contributed by atoms with van der Waals surface area (Å²) in [6.45, 7) is 2.51. The van der Waals surface area contributed by atoms with E-state index < -0.39 is 10.0 Å². The van der Waals surface area contributed by atoms with Crippen molar-refractivity contribution in [2.75, 3.05) is 6.61 Å². The number of sulfonamides is 1. The maximum atomic E-state index is 12.3. The highest BCUT2D eigenvalue weighted by Gasteiger charge is 2.25. The average molecular weight is 435 g/mol. The summed E-state index contributed by atoms with van der Waals surface area (Å²) in [6, 6.07) is 7.12. The van der Waals surface area contributed by atoms with Gasteiger partial charge in [-0.05, 0) is 69.1 Å². The minimum Gasteiger partial charge on any atom is -0.493 e. The first-order valence-electron chi connectivity index (χ1n) is 10.6. The Labute approximate surface area is 178 Å². The first-order chi connectivity index (χ1) is 14.3. The highest BCUT2D eigenvalue weighted by Crippen LogP contribution is 2.30. The first-order valence-corrected chi connectivity index (χ1v) is 12.1. The zero-order chi connectivity index (χ0) is 21.6. The lowest BCUT2D eigenvalue weighted by Crippen LogP contribution is -2.40. The maximum Gasteiger partial charge on any atom is 0.233 e. The molecule has 8 heteroatoms. The lowest BCUT2D eigenvalue weighted by molar-refractivity contribution is -0.136. The second kappa shape index (κ2) is 10.2. The molecule has 2 atom stereocenters. The van der Waals surface area contributed by atoms with Crippen LogP contribution < -0.4 is 14.8 Å². The number of rotatable bonds is 11. The van der Waals surface area contributed by atoms with Crippen LogP contribution in [0.3, 0.4) is 0 Å². The van der Waals surface area contributed by atoms with E-state index in [4.69, 9.17) is 4.74 Å². The van der Waals surface area contributed by atoms with Crippen molar-refractivity contribution in [3.63, 3.8) is 0 Å². The molecule has 0 aromatic heterocycles. The van der Waals surface area contributed by atoms with Crippen LogP contribution >= 0.6 is 0 Å². The fraction of sp³-hybridized carbons (Fsp3) is 0.545. The quantitative estimate of drug-likeness (QED) is 0.411. The molecule has 164 valence electrons. The van der Waals surface area contributed by atoms with Crippen LogP contribution in [0.1, 0.15) is 63.5 Å². The lowest BCUT2D eigenvalue weighted by Gasteiger charge is -2.20. The van der Waals surface area contributed by atoms with Crippen LogP contribution in [-0.4, -0.2) is 26.8 Å². The minimum absolute atomic E-state index is 0.166. The Hall–Kier alpha value is -2.19. The van der Waals surface area contributed by atoms with Crippen molar-refractivity contribution in [2.24, 2.45) is 11.8 Å². The van der Waals surface area contributed by atoms with Crippen molar-refractivity contribution in [3.05, 3.63) is 41.3 Å². The molecule has 7 nitrogen and oxygen atoms in total. The fourth-order valence-corrected chi connectivity index (χ4v) is 4.51. The number of benzene rings is 1. The zero-order valence-corrected chi connectivity index (χ0v) is 18.1. The van der Waals surface area contributed by atoms with E-state index in [-0.39, 0.29) is 23.8 Å². The summed E-state index contributed by atoms with van der Waals surface area (Å²) in [6.07, 6.45) is 6.86. The number of hydrogen-bond acceptors (Lipinski definition) is 5. The largest absolute Gasteiger partial charge is 0.493 e. The molecule has 2 amide bonds. The summed E-state index contributed by atoms with van der Waals surface area (Å²) >= 11 is 0. The standard InChI is InChI=1S/C22H30N2O5S/c1-16(19-7-5-8-20(14-19)29-15-17-9-10-17)24-30(27,28)13-4-2-3-6-18-11-12-21(25)23-22(18)26/h4-5,7-8,13-14,16-18,24H,2-3,6,9-12,15H2,1H3,(H,23,25,26)/b13-4+. The van der Waals surface area contributed by atoms with Gasteiger partial charge in [0.2, 0.25) is 21.8 Å². The Morgan fingerprint density at radius 3 is 2.80 bits per heavy atom. The number of allylic oxidation sites excluding steroid dienone is 1. The third-order valence-corrected chi connectivity index (χ3v) is 6.67. The Morgan fingerprint density at radius 1 is 1.27 bits per heavy atom. The molecule has 1 aromatic rings. The van der Waals surface area contributed by atoms with Gasteiger partial charge in [-0.15, -0.1) is 0 Å². The number of hydrogen-bond donors (Lipinski definition) is 2. The monoisotopic (exact) mass is 434 g/mol. The summed E-state index contributed by atoms with van der Waals surface area (Å²) < 4.78 is 33.1. The van der Waals surface area contributed by atoms with Gasteiger partial charge in [-0.1, -0.05) is 18.2 Å². The fourth-order valence-electron chi connectivity index (χ4n) is 3.42. The molecule has 1 aliphatic heterocycles. The van der Waals surface area contributed by atoms with E-state index in [1.807, 2.05) is 24.3 Å². The van der Waals surface area contributed by atoms with Crippen LogP contribution in [-0.2, 0) is 19.6 Å². The van der Waals surface area contributed by atoms with Gasteiger partial charge < -0.3 is 4.74 Å². The molecule has 2 N–H and O–H groups in total. The summed E-state index contributed by atoms with van der Waals surface area (Å²) in [5, 5.41) is 3.52. The Bertz CT molecular complexity index is 893. The van der Waals surface area contributed by atoms with E-state index in [0.29, 0.717) is 44.6 Å². The number of amides is 2. The predicted octanol–water partition coefficient (Wildman–Crippen LogP) is 3.19. The van der Waals surface area contributed by atoms with Crippen molar-refractivity contribution in [1.82, 2.24) is 10.0 Å². The third kappa shape index (κ3) is 7.25. The molecule has 0 bridgehead atoms. The second-order valence-corrected chi connectivity index (χ2v) is 9.76. The van der Waals surface area contributed by atoms with Crippen molar-refractivity contribution in [1.29, 1.82) is 0 Å². The molecule has 30 heavy (non-hydrogen) atoms. The summed E-state index contributed by atoms with van der Waals surface area (Å²) in [4.78, 5) is 22.9. The smallest absolute Gasteiger partial charge is 0.233 e. The van der Waals surface area contributed by atoms with E-state index in [2.05, 4.69) is 10.0 Å². The van der Waals surface area contributed by atoms with E-state index >= 15 is 0 Å². The van der Waals surface area contributed by atoms with Gasteiger partial charge in [-0.25, -0.2) is 13.1 Å². The molecule has 1 aliphatic carbocycles. The molecule has 2 unspecified atom stereocenters. The average Bonchev–Trinajstić information content (AvgIpc) is 3.52. The number of unbranched alkanes of at least 4 members (excludes halogenated alkanes) is 1. The zero-order valence-electron chi connectivity index (χ0n) is 17.3.